The number of hydrogen-bond donors (Lipinski definition) is 2. The van der Waals surface area contributed by atoms with E-state index in [4.69, 9.17) is 5.11 Å². The summed E-state index contributed by atoms with van der Waals surface area (Å²) in [6.07, 6.45) is 2.96. The van der Waals surface area contributed by atoms with Crippen LogP contribution in [-0.4, -0.2) is 23.0 Å². The Hall–Kier alpha value is -1.62. The van der Waals surface area contributed by atoms with E-state index in [0.717, 1.165) is 5.56 Å². The second-order valence-electron chi connectivity index (χ2n) is 2.96. The van der Waals surface area contributed by atoms with Gasteiger partial charge in [-0.15, -0.1) is 0 Å². The lowest BCUT2D eigenvalue weighted by Gasteiger charge is -2.05. The highest BCUT2D eigenvalue weighted by molar-refractivity contribution is 7.08. The third kappa shape index (κ3) is 3.95. The largest absolute Gasteiger partial charge is 0.480 e. The van der Waals surface area contributed by atoms with Crippen LogP contribution in [0.2, 0.25) is 0 Å². The molecule has 0 aliphatic carbocycles. The van der Waals surface area contributed by atoms with Crippen molar-refractivity contribution in [3.63, 3.8) is 0 Å². The van der Waals surface area contributed by atoms with E-state index in [0.29, 0.717) is 0 Å². The van der Waals surface area contributed by atoms with Crippen LogP contribution < -0.4 is 5.32 Å². The van der Waals surface area contributed by atoms with Gasteiger partial charge in [0.15, 0.2) is 0 Å². The molecule has 15 heavy (non-hydrogen) atoms. The lowest BCUT2D eigenvalue weighted by molar-refractivity contribution is -0.140. The van der Waals surface area contributed by atoms with E-state index >= 15 is 0 Å². The van der Waals surface area contributed by atoms with Crippen molar-refractivity contribution in [2.45, 2.75) is 13.0 Å². The van der Waals surface area contributed by atoms with Crippen LogP contribution in [0.3, 0.4) is 0 Å². The highest BCUT2D eigenvalue weighted by Gasteiger charge is 2.11. The van der Waals surface area contributed by atoms with E-state index in [2.05, 4.69) is 5.32 Å². The molecule has 0 fully saturated rings. The number of carboxylic acid groups (broad SMARTS) is 1. The first-order valence-corrected chi connectivity index (χ1v) is 5.27. The van der Waals surface area contributed by atoms with Gasteiger partial charge >= 0.3 is 5.97 Å². The van der Waals surface area contributed by atoms with Crippen LogP contribution in [0.5, 0.6) is 0 Å². The topological polar surface area (TPSA) is 66.4 Å². The van der Waals surface area contributed by atoms with E-state index in [9.17, 15) is 9.59 Å². The van der Waals surface area contributed by atoms with Crippen molar-refractivity contribution in [2.75, 3.05) is 0 Å². The van der Waals surface area contributed by atoms with Gasteiger partial charge in [0.05, 0.1) is 0 Å². The summed E-state index contributed by atoms with van der Waals surface area (Å²) < 4.78 is 0. The highest BCUT2D eigenvalue weighted by Crippen LogP contribution is 2.07. The molecule has 0 aliphatic heterocycles. The Morgan fingerprint density at radius 3 is 2.87 bits per heavy atom. The minimum atomic E-state index is -1.05. The standard InChI is InChI=1S/C10H11NO3S/c1-7(10(13)14)11-9(12)3-2-8-4-5-15-6-8/h2-7H,1H3,(H,11,12)(H,13,14)/b3-2+. The number of amides is 1. The Labute approximate surface area is 91.2 Å². The van der Waals surface area contributed by atoms with Crippen molar-refractivity contribution >= 4 is 29.3 Å². The van der Waals surface area contributed by atoms with Gasteiger partial charge in [-0.2, -0.15) is 11.3 Å². The van der Waals surface area contributed by atoms with Crippen LogP contribution in [0.1, 0.15) is 12.5 Å². The van der Waals surface area contributed by atoms with E-state index in [1.807, 2.05) is 16.8 Å². The second kappa shape index (κ2) is 5.31. The number of carboxylic acids is 1. The average Bonchev–Trinajstić information content (AvgIpc) is 2.66. The molecule has 0 aliphatic rings. The van der Waals surface area contributed by atoms with Crippen LogP contribution in [-0.2, 0) is 9.59 Å². The van der Waals surface area contributed by atoms with Crippen molar-refractivity contribution in [3.8, 4) is 0 Å². The molecule has 1 amide bonds. The molecular formula is C10H11NO3S. The molecule has 0 saturated carbocycles. The number of carbonyl (C=O) groups is 2. The van der Waals surface area contributed by atoms with Crippen molar-refractivity contribution in [1.29, 1.82) is 0 Å². The summed E-state index contributed by atoms with van der Waals surface area (Å²) in [5, 5.41) is 14.7. The molecular weight excluding hydrogens is 214 g/mol. The van der Waals surface area contributed by atoms with E-state index < -0.39 is 17.9 Å². The molecule has 5 heteroatoms. The lowest BCUT2D eigenvalue weighted by Crippen LogP contribution is -2.37. The van der Waals surface area contributed by atoms with Gasteiger partial charge in [0.2, 0.25) is 5.91 Å². The van der Waals surface area contributed by atoms with Gasteiger partial charge < -0.3 is 10.4 Å². The van der Waals surface area contributed by atoms with Gasteiger partial charge in [-0.05, 0) is 35.4 Å². The van der Waals surface area contributed by atoms with E-state index in [-0.39, 0.29) is 0 Å². The molecule has 0 aromatic carbocycles. The predicted octanol–water partition coefficient (Wildman–Crippen LogP) is 1.35. The molecule has 1 heterocycles. The van der Waals surface area contributed by atoms with Crippen molar-refractivity contribution < 1.29 is 14.7 Å². The van der Waals surface area contributed by atoms with Crippen molar-refractivity contribution in [1.82, 2.24) is 5.32 Å². The van der Waals surface area contributed by atoms with Gasteiger partial charge in [-0.1, -0.05) is 0 Å². The Kier molecular flexibility index (Phi) is 4.05. The first kappa shape index (κ1) is 11.5. The molecule has 1 unspecified atom stereocenters. The first-order chi connectivity index (χ1) is 7.09. The van der Waals surface area contributed by atoms with Crippen LogP contribution in [0.4, 0.5) is 0 Å². The van der Waals surface area contributed by atoms with Gasteiger partial charge in [0.1, 0.15) is 6.04 Å². The third-order valence-electron chi connectivity index (χ3n) is 1.70. The second-order valence-corrected chi connectivity index (χ2v) is 3.74. The van der Waals surface area contributed by atoms with Crippen molar-refractivity contribution in [3.05, 3.63) is 28.5 Å². The van der Waals surface area contributed by atoms with E-state index in [1.54, 1.807) is 6.08 Å². The molecule has 1 atom stereocenters. The van der Waals surface area contributed by atoms with Gasteiger partial charge in [0.25, 0.3) is 0 Å². The van der Waals surface area contributed by atoms with Crippen LogP contribution >= 0.6 is 11.3 Å². The Balaban J connectivity index is 2.46. The zero-order valence-electron chi connectivity index (χ0n) is 8.14. The number of hydrogen-bond acceptors (Lipinski definition) is 3. The summed E-state index contributed by atoms with van der Waals surface area (Å²) in [5.41, 5.74) is 0.929. The molecule has 0 spiro atoms. The summed E-state index contributed by atoms with van der Waals surface area (Å²) in [7, 11) is 0. The van der Waals surface area contributed by atoms with Crippen LogP contribution in [0.25, 0.3) is 6.08 Å². The fourth-order valence-corrected chi connectivity index (χ4v) is 1.49. The molecule has 2 N–H and O–H groups in total. The summed E-state index contributed by atoms with van der Waals surface area (Å²) in [6, 6.07) is 0.999. The fourth-order valence-electron chi connectivity index (χ4n) is 0.865. The Bertz CT molecular complexity index is 370. The molecule has 80 valence electrons. The number of thiophene rings is 1. The fraction of sp³-hybridized carbons (Fsp3) is 0.200. The predicted molar refractivity (Wildman–Crippen MR) is 58.6 cm³/mol. The number of nitrogens with one attached hydrogen (secondary N) is 1. The third-order valence-corrected chi connectivity index (χ3v) is 2.40. The quantitative estimate of drug-likeness (QED) is 0.760. The maximum atomic E-state index is 11.2. The smallest absolute Gasteiger partial charge is 0.325 e. The molecule has 4 nitrogen and oxygen atoms in total. The monoisotopic (exact) mass is 225 g/mol. The summed E-state index contributed by atoms with van der Waals surface area (Å²) >= 11 is 1.53. The number of aliphatic carboxylic acids is 1. The van der Waals surface area contributed by atoms with Crippen LogP contribution in [0.15, 0.2) is 22.9 Å². The molecule has 0 saturated heterocycles. The molecule has 1 aromatic rings. The summed E-state index contributed by atoms with van der Waals surface area (Å²) in [5.74, 6) is -1.46. The number of rotatable bonds is 4. The molecule has 1 aromatic heterocycles. The highest BCUT2D eigenvalue weighted by atomic mass is 32.1. The van der Waals surface area contributed by atoms with Gasteiger partial charge in [0, 0.05) is 6.08 Å². The maximum absolute atomic E-state index is 11.2. The van der Waals surface area contributed by atoms with E-state index in [1.165, 1.54) is 24.3 Å². The Morgan fingerprint density at radius 2 is 2.33 bits per heavy atom. The lowest BCUT2D eigenvalue weighted by atomic mass is 10.3. The van der Waals surface area contributed by atoms with Crippen molar-refractivity contribution in [2.24, 2.45) is 0 Å². The molecule has 0 radical (unpaired) electrons. The summed E-state index contributed by atoms with van der Waals surface area (Å²) in [4.78, 5) is 21.6. The molecule has 0 bridgehead atoms. The molecule has 1 rings (SSSR count). The zero-order valence-corrected chi connectivity index (χ0v) is 8.95. The minimum Gasteiger partial charge on any atom is -0.480 e. The maximum Gasteiger partial charge on any atom is 0.325 e. The minimum absolute atomic E-state index is 0.406. The number of carbonyl (C=O) groups excluding carboxylic acids is 1. The first-order valence-electron chi connectivity index (χ1n) is 4.33. The van der Waals surface area contributed by atoms with Gasteiger partial charge in [-0.25, -0.2) is 0 Å². The Morgan fingerprint density at radius 1 is 1.60 bits per heavy atom. The zero-order chi connectivity index (χ0) is 11.3. The van der Waals surface area contributed by atoms with Crippen LogP contribution in [0, 0.1) is 0 Å². The van der Waals surface area contributed by atoms with Gasteiger partial charge in [-0.3, -0.25) is 9.59 Å². The summed E-state index contributed by atoms with van der Waals surface area (Å²) in [6.45, 7) is 1.42. The normalized spacial score (nSPS) is 12.6. The SMILES string of the molecule is CC(NC(=O)/C=C/c1ccsc1)C(=O)O. The average molecular weight is 225 g/mol.